The highest BCUT2D eigenvalue weighted by atomic mass is 35.5. The number of nitrogens with zero attached hydrogens (tertiary/aromatic N) is 2. The molecule has 0 aliphatic carbocycles. The number of ether oxygens (including phenoxy) is 2. The fraction of sp³-hybridized carbons (Fsp3) is 0.364. The lowest BCUT2D eigenvalue weighted by atomic mass is 10.1. The van der Waals surface area contributed by atoms with Crippen molar-refractivity contribution >= 4 is 39.1 Å². The van der Waals surface area contributed by atoms with Crippen LogP contribution in [-0.4, -0.2) is 76.9 Å². The van der Waals surface area contributed by atoms with Crippen LogP contribution in [0.4, 0.5) is 5.69 Å². The van der Waals surface area contributed by atoms with Crippen LogP contribution in [0.15, 0.2) is 41.3 Å². The molecule has 3 rings (SSSR count). The van der Waals surface area contributed by atoms with E-state index >= 15 is 0 Å². The molecule has 11 heteroatoms. The molecule has 2 amide bonds. The summed E-state index contributed by atoms with van der Waals surface area (Å²) in [4.78, 5) is 26.1. The number of anilines is 1. The predicted molar refractivity (Wildman–Crippen MR) is 124 cm³/mol. The molecule has 0 spiro atoms. The summed E-state index contributed by atoms with van der Waals surface area (Å²) in [5.41, 5.74) is 1.26. The second-order valence-electron chi connectivity index (χ2n) is 7.62. The van der Waals surface area contributed by atoms with E-state index in [1.54, 1.807) is 32.3 Å². The fourth-order valence-corrected chi connectivity index (χ4v) is 5.23. The van der Waals surface area contributed by atoms with Gasteiger partial charge in [0.05, 0.1) is 37.3 Å². The summed E-state index contributed by atoms with van der Waals surface area (Å²) in [5, 5.41) is 2.94. The third kappa shape index (κ3) is 5.83. The monoisotopic (exact) mass is 495 g/mol. The van der Waals surface area contributed by atoms with Crippen molar-refractivity contribution in [2.24, 2.45) is 0 Å². The Labute approximate surface area is 198 Å². The van der Waals surface area contributed by atoms with Crippen LogP contribution in [0.25, 0.3) is 0 Å². The third-order valence-electron chi connectivity index (χ3n) is 5.07. The number of halogens is 1. The first-order chi connectivity index (χ1) is 15.6. The molecule has 9 nitrogen and oxygen atoms in total. The van der Waals surface area contributed by atoms with Crippen LogP contribution in [0.3, 0.4) is 0 Å². The normalized spacial score (nSPS) is 14.5. The number of methoxy groups -OCH3 is 1. The predicted octanol–water partition coefficient (Wildman–Crippen LogP) is 2.25. The largest absolute Gasteiger partial charge is 0.495 e. The molecule has 1 N–H and O–H groups in total. The van der Waals surface area contributed by atoms with Crippen molar-refractivity contribution < 1.29 is 27.5 Å². The van der Waals surface area contributed by atoms with E-state index in [2.05, 4.69) is 5.32 Å². The van der Waals surface area contributed by atoms with Gasteiger partial charge in [0.25, 0.3) is 5.91 Å². The highest BCUT2D eigenvalue weighted by Gasteiger charge is 2.29. The number of benzene rings is 2. The van der Waals surface area contributed by atoms with E-state index < -0.39 is 10.0 Å². The topological polar surface area (TPSA) is 105 Å². The van der Waals surface area contributed by atoms with Crippen LogP contribution in [0, 0.1) is 0 Å². The summed E-state index contributed by atoms with van der Waals surface area (Å²) in [5.74, 6) is -0.402. The number of sulfonamides is 1. The van der Waals surface area contributed by atoms with E-state index in [0.29, 0.717) is 30.0 Å². The van der Waals surface area contributed by atoms with E-state index in [-0.39, 0.29) is 47.0 Å². The fourth-order valence-electron chi connectivity index (χ4n) is 3.36. The first-order valence-corrected chi connectivity index (χ1v) is 12.0. The van der Waals surface area contributed by atoms with Gasteiger partial charge >= 0.3 is 0 Å². The van der Waals surface area contributed by atoms with Gasteiger partial charge in [-0.25, -0.2) is 8.42 Å². The number of morpholine rings is 1. The van der Waals surface area contributed by atoms with E-state index in [4.69, 9.17) is 21.1 Å². The Morgan fingerprint density at radius 3 is 2.45 bits per heavy atom. The quantitative estimate of drug-likeness (QED) is 0.631. The number of amides is 2. The first kappa shape index (κ1) is 25.0. The zero-order valence-electron chi connectivity index (χ0n) is 18.6. The molecule has 0 atom stereocenters. The molecule has 2 aromatic rings. The Morgan fingerprint density at radius 2 is 1.85 bits per heavy atom. The van der Waals surface area contributed by atoms with Crippen molar-refractivity contribution in [3.05, 3.63) is 52.5 Å². The summed E-state index contributed by atoms with van der Waals surface area (Å²) in [6.45, 7) is 1.16. The minimum atomic E-state index is -3.80. The summed E-state index contributed by atoms with van der Waals surface area (Å²) < 4.78 is 38.1. The molecular formula is C22H26ClN3O6S. The average molecular weight is 496 g/mol. The molecule has 0 aromatic heterocycles. The maximum atomic E-state index is 13.1. The Hall–Kier alpha value is -2.66. The summed E-state index contributed by atoms with van der Waals surface area (Å²) in [6, 6.07) is 9.26. The van der Waals surface area contributed by atoms with Gasteiger partial charge in [0.2, 0.25) is 15.9 Å². The van der Waals surface area contributed by atoms with E-state index in [1.165, 1.54) is 34.5 Å². The molecule has 1 aliphatic rings. The molecule has 178 valence electrons. The van der Waals surface area contributed by atoms with Gasteiger partial charge in [0, 0.05) is 32.9 Å². The molecule has 0 radical (unpaired) electrons. The molecule has 2 aromatic carbocycles. The maximum Gasteiger partial charge on any atom is 0.254 e. The lowest BCUT2D eigenvalue weighted by Gasteiger charge is -2.26. The molecule has 33 heavy (non-hydrogen) atoms. The number of carbonyl (C=O) groups excluding carboxylic acids is 2. The van der Waals surface area contributed by atoms with Crippen LogP contribution < -0.4 is 10.1 Å². The third-order valence-corrected chi connectivity index (χ3v) is 7.30. The van der Waals surface area contributed by atoms with Crippen molar-refractivity contribution in [1.82, 2.24) is 9.21 Å². The SMILES string of the molecule is COc1ccc(CC(=O)Nc2ccc(C(=O)N(C)C)c(Cl)c2)cc1S(=O)(=O)N1CCOCC1. The van der Waals surface area contributed by atoms with Crippen molar-refractivity contribution in [1.29, 1.82) is 0 Å². The van der Waals surface area contributed by atoms with Gasteiger partial charge in [-0.1, -0.05) is 17.7 Å². The molecule has 0 unspecified atom stereocenters. The zero-order chi connectivity index (χ0) is 24.2. The summed E-state index contributed by atoms with van der Waals surface area (Å²) in [7, 11) is 0.836. The number of nitrogens with one attached hydrogen (secondary N) is 1. The van der Waals surface area contributed by atoms with Gasteiger partial charge in [-0.3, -0.25) is 9.59 Å². The van der Waals surface area contributed by atoms with Crippen LogP contribution in [0.1, 0.15) is 15.9 Å². The van der Waals surface area contributed by atoms with Gasteiger partial charge in [-0.15, -0.1) is 0 Å². The van der Waals surface area contributed by atoms with Crippen LogP contribution >= 0.6 is 11.6 Å². The van der Waals surface area contributed by atoms with E-state index in [9.17, 15) is 18.0 Å². The second-order valence-corrected chi connectivity index (χ2v) is 9.93. The first-order valence-electron chi connectivity index (χ1n) is 10.2. The van der Waals surface area contributed by atoms with Crippen molar-refractivity contribution in [3.8, 4) is 5.75 Å². The molecule has 1 aliphatic heterocycles. The maximum absolute atomic E-state index is 13.1. The van der Waals surface area contributed by atoms with Crippen molar-refractivity contribution in [3.63, 3.8) is 0 Å². The highest BCUT2D eigenvalue weighted by molar-refractivity contribution is 7.89. The Balaban J connectivity index is 1.77. The van der Waals surface area contributed by atoms with Crippen LogP contribution in [-0.2, 0) is 26.0 Å². The smallest absolute Gasteiger partial charge is 0.254 e. The molecule has 1 heterocycles. The van der Waals surface area contributed by atoms with Gasteiger partial charge in [-0.05, 0) is 35.9 Å². The summed E-state index contributed by atoms with van der Waals surface area (Å²) >= 11 is 6.20. The van der Waals surface area contributed by atoms with Crippen LogP contribution in [0.2, 0.25) is 5.02 Å². The Kier molecular flexibility index (Phi) is 7.96. The van der Waals surface area contributed by atoms with E-state index in [1.807, 2.05) is 0 Å². The van der Waals surface area contributed by atoms with Crippen molar-refractivity contribution in [2.75, 3.05) is 52.8 Å². The van der Waals surface area contributed by atoms with Gasteiger partial charge in [-0.2, -0.15) is 4.31 Å². The number of carbonyl (C=O) groups is 2. The average Bonchev–Trinajstić information content (AvgIpc) is 2.79. The lowest BCUT2D eigenvalue weighted by Crippen LogP contribution is -2.40. The second kappa shape index (κ2) is 10.5. The molecule has 1 saturated heterocycles. The molecular weight excluding hydrogens is 470 g/mol. The van der Waals surface area contributed by atoms with Crippen molar-refractivity contribution in [2.45, 2.75) is 11.3 Å². The van der Waals surface area contributed by atoms with Crippen LogP contribution in [0.5, 0.6) is 5.75 Å². The minimum Gasteiger partial charge on any atom is -0.495 e. The molecule has 1 fully saturated rings. The van der Waals surface area contributed by atoms with E-state index in [0.717, 1.165) is 0 Å². The summed E-state index contributed by atoms with van der Waals surface area (Å²) in [6.07, 6.45) is -0.0639. The molecule has 0 bridgehead atoms. The number of hydrogen-bond donors (Lipinski definition) is 1. The molecule has 0 saturated carbocycles. The number of hydrogen-bond acceptors (Lipinski definition) is 6. The van der Waals surface area contributed by atoms with Gasteiger partial charge < -0.3 is 19.7 Å². The number of rotatable bonds is 7. The van der Waals surface area contributed by atoms with Gasteiger partial charge in [0.1, 0.15) is 10.6 Å². The minimum absolute atomic E-state index is 0.00629. The van der Waals surface area contributed by atoms with Gasteiger partial charge in [0.15, 0.2) is 0 Å². The zero-order valence-corrected chi connectivity index (χ0v) is 20.2. The Morgan fingerprint density at radius 1 is 1.15 bits per heavy atom. The highest BCUT2D eigenvalue weighted by Crippen LogP contribution is 2.29. The lowest BCUT2D eigenvalue weighted by molar-refractivity contribution is -0.115. The Bertz CT molecular complexity index is 1150. The standard InChI is InChI=1S/C22H26ClN3O6S/c1-25(2)22(28)17-6-5-16(14-18(17)23)24-21(27)13-15-4-7-19(31-3)20(12-15)33(29,30)26-8-10-32-11-9-26/h4-7,12,14H,8-11,13H2,1-3H3,(H,24,27).